The largest absolute Gasteiger partial charge is 0.496 e. The SMILES string of the molecule is COc1cc(NS(N)(=O)=O)ccc1-c1ccc(C(F)(F)F)c(F)c1.NS(=O)(=O)Nc1c(F)cc(-c2ccc(C(F)(F)F)c(F)c2)cc1F. The van der Waals surface area contributed by atoms with E-state index in [9.17, 15) is 60.7 Å². The lowest BCUT2D eigenvalue weighted by Gasteiger charge is -2.13. The summed E-state index contributed by atoms with van der Waals surface area (Å²) < 4.78 is 182. The van der Waals surface area contributed by atoms with Gasteiger partial charge in [-0.25, -0.2) is 27.8 Å². The summed E-state index contributed by atoms with van der Waals surface area (Å²) in [5.41, 5.74) is -3.99. The average Bonchev–Trinajstić information content (AvgIpc) is 2.92. The molecule has 0 saturated heterocycles. The van der Waals surface area contributed by atoms with Gasteiger partial charge in [-0.3, -0.25) is 9.44 Å². The van der Waals surface area contributed by atoms with E-state index < -0.39 is 72.9 Å². The Hall–Kier alpha value is -4.60. The van der Waals surface area contributed by atoms with E-state index in [-0.39, 0.29) is 33.7 Å². The number of hydrogen-bond donors (Lipinski definition) is 4. The second-order valence-corrected chi connectivity index (χ2v) is 12.0. The topological polar surface area (TPSA) is 154 Å². The van der Waals surface area contributed by atoms with Crippen LogP contribution in [0.4, 0.5) is 55.3 Å². The molecule has 0 radical (unpaired) electrons. The van der Waals surface area contributed by atoms with Gasteiger partial charge in [0.05, 0.1) is 23.9 Å². The minimum Gasteiger partial charge on any atom is -0.496 e. The number of ether oxygens (including phenoxy) is 1. The van der Waals surface area contributed by atoms with Crippen LogP contribution in [-0.2, 0) is 32.8 Å². The quantitative estimate of drug-likeness (QED) is 0.159. The smallest absolute Gasteiger partial charge is 0.419 e. The van der Waals surface area contributed by atoms with E-state index in [2.05, 4.69) is 5.14 Å². The molecule has 0 aliphatic rings. The fraction of sp³-hybridized carbons (Fsp3) is 0.111. The van der Waals surface area contributed by atoms with Gasteiger partial charge in [0.25, 0.3) is 20.4 Å². The van der Waals surface area contributed by atoms with Crippen LogP contribution >= 0.6 is 0 Å². The molecule has 0 atom stereocenters. The van der Waals surface area contributed by atoms with Crippen LogP contribution in [0.2, 0.25) is 0 Å². The molecule has 4 aromatic carbocycles. The third kappa shape index (κ3) is 9.95. The van der Waals surface area contributed by atoms with Gasteiger partial charge in [-0.1, -0.05) is 12.1 Å². The zero-order valence-electron chi connectivity index (χ0n) is 23.6. The van der Waals surface area contributed by atoms with E-state index in [1.807, 2.05) is 4.72 Å². The van der Waals surface area contributed by atoms with Crippen LogP contribution in [0.25, 0.3) is 22.3 Å². The van der Waals surface area contributed by atoms with Gasteiger partial charge in [-0.05, 0) is 65.2 Å². The highest BCUT2D eigenvalue weighted by Gasteiger charge is 2.35. The van der Waals surface area contributed by atoms with Crippen molar-refractivity contribution in [1.29, 1.82) is 0 Å². The maximum absolute atomic E-state index is 13.8. The summed E-state index contributed by atoms with van der Waals surface area (Å²) in [5.74, 6) is -5.66. The molecule has 4 rings (SSSR count). The van der Waals surface area contributed by atoms with Gasteiger partial charge in [0.1, 0.15) is 23.1 Å². The van der Waals surface area contributed by atoms with Crippen molar-refractivity contribution in [2.75, 3.05) is 16.6 Å². The molecule has 0 bridgehead atoms. The summed E-state index contributed by atoms with van der Waals surface area (Å²) in [6, 6.07) is 9.37. The zero-order chi connectivity index (χ0) is 36.4. The molecule has 0 spiro atoms. The highest BCUT2D eigenvalue weighted by atomic mass is 32.2. The number of halogens is 10. The fourth-order valence-electron chi connectivity index (χ4n) is 3.97. The molecule has 0 saturated carbocycles. The summed E-state index contributed by atoms with van der Waals surface area (Å²) in [6.07, 6.45) is -9.71. The third-order valence-electron chi connectivity index (χ3n) is 5.94. The van der Waals surface area contributed by atoms with Crippen LogP contribution < -0.4 is 24.5 Å². The zero-order valence-corrected chi connectivity index (χ0v) is 25.3. The molecular formula is C27H20F10N4O5S2. The lowest BCUT2D eigenvalue weighted by atomic mass is 10.0. The van der Waals surface area contributed by atoms with E-state index in [4.69, 9.17) is 9.88 Å². The lowest BCUT2D eigenvalue weighted by molar-refractivity contribution is -0.140. The summed E-state index contributed by atoms with van der Waals surface area (Å²) in [7, 11) is -7.16. The van der Waals surface area contributed by atoms with Crippen LogP contribution in [-0.4, -0.2) is 23.9 Å². The molecule has 0 fully saturated rings. The monoisotopic (exact) mass is 734 g/mol. The number of anilines is 2. The Labute approximate surface area is 265 Å². The van der Waals surface area contributed by atoms with Crippen molar-refractivity contribution in [1.82, 2.24) is 0 Å². The van der Waals surface area contributed by atoms with E-state index in [1.165, 1.54) is 30.0 Å². The molecule has 4 aromatic rings. The Kier molecular flexibility index (Phi) is 10.9. The first kappa shape index (κ1) is 37.9. The Morgan fingerprint density at radius 3 is 1.44 bits per heavy atom. The predicted octanol–water partition coefficient (Wildman–Crippen LogP) is 6.54. The van der Waals surface area contributed by atoms with Crippen molar-refractivity contribution >= 4 is 31.8 Å². The first-order valence-electron chi connectivity index (χ1n) is 12.4. The second-order valence-electron chi connectivity index (χ2n) is 9.41. The van der Waals surface area contributed by atoms with Crippen LogP contribution in [0.15, 0.2) is 66.7 Å². The van der Waals surface area contributed by atoms with Crippen molar-refractivity contribution in [2.24, 2.45) is 10.3 Å². The molecule has 9 nitrogen and oxygen atoms in total. The standard InChI is InChI=1S/C14H12F4N2O3S.C13H8F6N2O2S/c1-23-13-7-9(20-24(19,21)22)3-4-10(13)8-2-5-11(12(15)6-8)14(16,17)18;14-9-3-6(1-2-8(9)13(17,18)19)7-4-10(15)12(11(16)5-7)21-24(20,22)23/h2-7,20H,1H3,(H2,19,21,22);1-5,21H,(H2,20,22,23). The molecule has 0 aromatic heterocycles. The normalized spacial score (nSPS) is 12.2. The first-order chi connectivity index (χ1) is 21.9. The summed E-state index contributed by atoms with van der Waals surface area (Å²) in [5, 5.41) is 9.45. The van der Waals surface area contributed by atoms with Crippen molar-refractivity contribution < 1.29 is 65.5 Å². The van der Waals surface area contributed by atoms with Gasteiger partial charge in [0, 0.05) is 11.6 Å². The molecule has 6 N–H and O–H groups in total. The van der Waals surface area contributed by atoms with Crippen LogP contribution in [0.1, 0.15) is 11.1 Å². The minimum absolute atomic E-state index is 0.0884. The highest BCUT2D eigenvalue weighted by molar-refractivity contribution is 7.90. The molecule has 260 valence electrons. The number of methoxy groups -OCH3 is 1. The van der Waals surface area contributed by atoms with Gasteiger partial charge >= 0.3 is 12.4 Å². The van der Waals surface area contributed by atoms with Gasteiger partial charge in [0.2, 0.25) is 0 Å². The molecule has 0 unspecified atom stereocenters. The summed E-state index contributed by atoms with van der Waals surface area (Å²) in [4.78, 5) is 0. The molecule has 21 heteroatoms. The molecule has 0 aliphatic heterocycles. The number of benzene rings is 4. The second kappa shape index (κ2) is 13.9. The maximum Gasteiger partial charge on any atom is 0.419 e. The number of rotatable bonds is 7. The van der Waals surface area contributed by atoms with Crippen molar-refractivity contribution in [2.45, 2.75) is 12.4 Å². The van der Waals surface area contributed by atoms with Gasteiger partial charge in [-0.2, -0.15) is 43.2 Å². The molecule has 48 heavy (non-hydrogen) atoms. The number of nitrogens with one attached hydrogen (secondary N) is 2. The van der Waals surface area contributed by atoms with Crippen LogP contribution in [0.3, 0.4) is 0 Å². The summed E-state index contributed by atoms with van der Waals surface area (Å²) >= 11 is 0. The fourth-order valence-corrected chi connectivity index (χ4v) is 4.91. The van der Waals surface area contributed by atoms with Crippen molar-refractivity contribution in [3.05, 3.63) is 101 Å². The van der Waals surface area contributed by atoms with Crippen LogP contribution in [0.5, 0.6) is 5.75 Å². The Morgan fingerprint density at radius 1 is 0.583 bits per heavy atom. The van der Waals surface area contributed by atoms with Gasteiger partial charge in [-0.15, -0.1) is 0 Å². The molecule has 0 heterocycles. The number of nitrogens with two attached hydrogens (primary N) is 2. The Morgan fingerprint density at radius 2 is 1.02 bits per heavy atom. The minimum atomic E-state index is -4.91. The Balaban J connectivity index is 0.000000260. The van der Waals surface area contributed by atoms with E-state index in [0.29, 0.717) is 30.3 Å². The third-order valence-corrected chi connectivity index (χ3v) is 6.95. The summed E-state index contributed by atoms with van der Waals surface area (Å²) in [6.45, 7) is 0. The van der Waals surface area contributed by atoms with Crippen molar-refractivity contribution in [3.63, 3.8) is 0 Å². The predicted molar refractivity (Wildman–Crippen MR) is 154 cm³/mol. The molecule has 0 aliphatic carbocycles. The van der Waals surface area contributed by atoms with E-state index in [1.54, 1.807) is 0 Å². The van der Waals surface area contributed by atoms with E-state index >= 15 is 0 Å². The lowest BCUT2D eigenvalue weighted by Crippen LogP contribution is -2.23. The van der Waals surface area contributed by atoms with Gasteiger partial charge in [0.15, 0.2) is 11.6 Å². The highest BCUT2D eigenvalue weighted by Crippen LogP contribution is 2.38. The van der Waals surface area contributed by atoms with E-state index in [0.717, 1.165) is 18.2 Å². The molecule has 0 amide bonds. The average molecular weight is 735 g/mol. The van der Waals surface area contributed by atoms with Crippen molar-refractivity contribution in [3.8, 4) is 28.0 Å². The first-order valence-corrected chi connectivity index (χ1v) is 15.5. The van der Waals surface area contributed by atoms with Crippen LogP contribution in [0, 0.1) is 23.3 Å². The maximum atomic E-state index is 13.8. The number of hydrogen-bond acceptors (Lipinski definition) is 5. The Bertz CT molecular complexity index is 2030. The van der Waals surface area contributed by atoms with Gasteiger partial charge < -0.3 is 4.74 Å². The molecular weight excluding hydrogens is 714 g/mol. The number of alkyl halides is 6.